The summed E-state index contributed by atoms with van der Waals surface area (Å²) in [7, 11) is -4.37. The van der Waals surface area contributed by atoms with Gasteiger partial charge < -0.3 is 10.2 Å². The third-order valence-corrected chi connectivity index (χ3v) is 2.65. The summed E-state index contributed by atoms with van der Waals surface area (Å²) in [6.07, 6.45) is 1.48. The number of benzene rings is 1. The highest BCUT2D eigenvalue weighted by Crippen LogP contribution is 2.21. The first kappa shape index (κ1) is 15.6. The summed E-state index contributed by atoms with van der Waals surface area (Å²) in [5, 5.41) is 18.1. The number of carboxylic acids is 2. The van der Waals surface area contributed by atoms with Crippen LogP contribution in [0.3, 0.4) is 0 Å². The molecule has 0 aliphatic rings. The molecule has 0 aliphatic carbocycles. The molecule has 1 aromatic rings. The fraction of sp³-hybridized carbons (Fsp3) is 0. The third-order valence-electron chi connectivity index (χ3n) is 2.17. The van der Waals surface area contributed by atoms with Gasteiger partial charge in [-0.1, -0.05) is 24.3 Å². The minimum atomic E-state index is -4.37. The Bertz CT molecular complexity index is 698. The van der Waals surface area contributed by atoms with E-state index in [2.05, 4.69) is 0 Å². The van der Waals surface area contributed by atoms with Gasteiger partial charge in [0.25, 0.3) is 10.1 Å². The molecule has 1 rings (SSSR count). The van der Waals surface area contributed by atoms with Crippen LogP contribution in [0.25, 0.3) is 11.6 Å². The zero-order valence-electron chi connectivity index (χ0n) is 9.92. The average Bonchev–Trinajstić information content (AvgIpc) is 2.32. The van der Waals surface area contributed by atoms with Crippen LogP contribution in [0.1, 0.15) is 11.1 Å². The standard InChI is InChI=1S/C12H10O7S/c13-11(14)7-10(12(15)16)9-4-2-1-3-8(9)5-6-20(17,18)19/h1-7H,(H,13,14)(H,15,16)(H,17,18,19). The molecule has 0 radical (unpaired) electrons. The molecule has 1 aromatic carbocycles. The molecule has 0 bridgehead atoms. The SMILES string of the molecule is O=C(O)C=C(C(=O)O)c1ccccc1C=CS(=O)(=O)O. The van der Waals surface area contributed by atoms with Crippen molar-refractivity contribution in [1.29, 1.82) is 0 Å². The number of carboxylic acid groups (broad SMARTS) is 2. The number of hydrogen-bond donors (Lipinski definition) is 3. The maximum atomic E-state index is 11.1. The van der Waals surface area contributed by atoms with Crippen LogP contribution in [-0.4, -0.2) is 35.1 Å². The molecule has 20 heavy (non-hydrogen) atoms. The minimum absolute atomic E-state index is 0.0160. The van der Waals surface area contributed by atoms with Gasteiger partial charge >= 0.3 is 11.9 Å². The molecule has 0 aliphatic heterocycles. The van der Waals surface area contributed by atoms with Crippen LogP contribution in [0.2, 0.25) is 0 Å². The van der Waals surface area contributed by atoms with Crippen molar-refractivity contribution in [1.82, 2.24) is 0 Å². The van der Waals surface area contributed by atoms with Crippen LogP contribution in [0.5, 0.6) is 0 Å². The van der Waals surface area contributed by atoms with Crippen molar-refractivity contribution >= 4 is 33.7 Å². The zero-order chi connectivity index (χ0) is 15.3. The van der Waals surface area contributed by atoms with Crippen molar-refractivity contribution in [2.24, 2.45) is 0 Å². The lowest BCUT2D eigenvalue weighted by atomic mass is 9.99. The van der Waals surface area contributed by atoms with E-state index >= 15 is 0 Å². The van der Waals surface area contributed by atoms with E-state index in [1.165, 1.54) is 24.3 Å². The summed E-state index contributed by atoms with van der Waals surface area (Å²) >= 11 is 0. The van der Waals surface area contributed by atoms with E-state index in [1.54, 1.807) is 0 Å². The number of rotatable bonds is 5. The molecule has 0 amide bonds. The molecule has 0 saturated heterocycles. The lowest BCUT2D eigenvalue weighted by Gasteiger charge is -2.06. The first-order chi connectivity index (χ1) is 9.20. The van der Waals surface area contributed by atoms with Crippen LogP contribution in [0, 0.1) is 0 Å². The van der Waals surface area contributed by atoms with Crippen LogP contribution < -0.4 is 0 Å². The highest BCUT2D eigenvalue weighted by Gasteiger charge is 2.15. The van der Waals surface area contributed by atoms with Gasteiger partial charge in [0.15, 0.2) is 0 Å². The first-order valence-electron chi connectivity index (χ1n) is 5.13. The van der Waals surface area contributed by atoms with Crippen molar-refractivity contribution in [3.8, 4) is 0 Å². The fourth-order valence-electron chi connectivity index (χ4n) is 1.43. The normalized spacial score (nSPS) is 12.6. The fourth-order valence-corrected chi connectivity index (χ4v) is 1.74. The van der Waals surface area contributed by atoms with Gasteiger partial charge in [-0.2, -0.15) is 8.42 Å². The predicted octanol–water partition coefficient (Wildman–Crippen LogP) is 1.10. The van der Waals surface area contributed by atoms with E-state index in [9.17, 15) is 18.0 Å². The summed E-state index contributed by atoms with van der Waals surface area (Å²) in [6.45, 7) is 0. The summed E-state index contributed by atoms with van der Waals surface area (Å²) in [4.78, 5) is 21.7. The Hall–Kier alpha value is -2.45. The maximum Gasteiger partial charge on any atom is 0.336 e. The quantitative estimate of drug-likeness (QED) is 0.548. The van der Waals surface area contributed by atoms with Gasteiger partial charge in [-0.15, -0.1) is 0 Å². The van der Waals surface area contributed by atoms with E-state index in [0.717, 1.165) is 6.08 Å². The van der Waals surface area contributed by atoms with E-state index in [1.807, 2.05) is 0 Å². The van der Waals surface area contributed by atoms with Crippen molar-refractivity contribution in [3.05, 3.63) is 46.9 Å². The van der Waals surface area contributed by atoms with E-state index in [4.69, 9.17) is 14.8 Å². The molecule has 0 spiro atoms. The number of carbonyl (C=O) groups is 2. The van der Waals surface area contributed by atoms with Gasteiger partial charge in [-0.25, -0.2) is 9.59 Å². The summed E-state index contributed by atoms with van der Waals surface area (Å²) in [5.41, 5.74) is -0.351. The van der Waals surface area contributed by atoms with E-state index in [-0.39, 0.29) is 11.1 Å². The molecule has 0 heterocycles. The molecular weight excluding hydrogens is 288 g/mol. The van der Waals surface area contributed by atoms with E-state index < -0.39 is 27.6 Å². The Kier molecular flexibility index (Phi) is 4.78. The molecule has 0 atom stereocenters. The molecule has 7 nitrogen and oxygen atoms in total. The Balaban J connectivity index is 3.42. The van der Waals surface area contributed by atoms with Gasteiger partial charge in [0.2, 0.25) is 0 Å². The molecule has 8 heteroatoms. The van der Waals surface area contributed by atoms with E-state index in [0.29, 0.717) is 11.5 Å². The second kappa shape index (κ2) is 6.13. The molecular formula is C12H10O7S. The second-order valence-electron chi connectivity index (χ2n) is 3.61. The van der Waals surface area contributed by atoms with Gasteiger partial charge in [-0.3, -0.25) is 4.55 Å². The molecule has 3 N–H and O–H groups in total. The van der Waals surface area contributed by atoms with Crippen molar-refractivity contribution < 1.29 is 32.8 Å². The van der Waals surface area contributed by atoms with Crippen molar-refractivity contribution in [2.75, 3.05) is 0 Å². The summed E-state index contributed by atoms with van der Waals surface area (Å²) in [6, 6.07) is 5.69. The Labute approximate surface area is 114 Å². The van der Waals surface area contributed by atoms with Gasteiger partial charge in [0.1, 0.15) is 0 Å². The topological polar surface area (TPSA) is 129 Å². The third kappa shape index (κ3) is 4.67. The average molecular weight is 298 g/mol. The highest BCUT2D eigenvalue weighted by molar-refractivity contribution is 7.88. The molecule has 0 saturated carbocycles. The Morgan fingerprint density at radius 3 is 2.20 bits per heavy atom. The smallest absolute Gasteiger partial charge is 0.336 e. The lowest BCUT2D eigenvalue weighted by molar-refractivity contribution is -0.133. The van der Waals surface area contributed by atoms with Crippen LogP contribution in [0.4, 0.5) is 0 Å². The largest absolute Gasteiger partial charge is 0.478 e. The summed E-state index contributed by atoms with van der Waals surface area (Å²) in [5.74, 6) is -2.92. The maximum absolute atomic E-state index is 11.1. The minimum Gasteiger partial charge on any atom is -0.478 e. The summed E-state index contributed by atoms with van der Waals surface area (Å²) < 4.78 is 29.9. The highest BCUT2D eigenvalue weighted by atomic mass is 32.2. The zero-order valence-corrected chi connectivity index (χ0v) is 10.7. The van der Waals surface area contributed by atoms with Gasteiger partial charge in [0.05, 0.1) is 11.0 Å². The Morgan fingerprint density at radius 1 is 1.10 bits per heavy atom. The first-order valence-corrected chi connectivity index (χ1v) is 6.64. The number of aliphatic carboxylic acids is 2. The van der Waals surface area contributed by atoms with Gasteiger partial charge in [0, 0.05) is 6.08 Å². The molecule has 0 unspecified atom stereocenters. The molecule has 0 fully saturated rings. The van der Waals surface area contributed by atoms with Crippen LogP contribution in [-0.2, 0) is 19.7 Å². The predicted molar refractivity (Wildman–Crippen MR) is 70.3 cm³/mol. The molecule has 106 valence electrons. The van der Waals surface area contributed by atoms with Gasteiger partial charge in [-0.05, 0) is 17.2 Å². The van der Waals surface area contributed by atoms with Crippen LogP contribution >= 0.6 is 0 Å². The van der Waals surface area contributed by atoms with Crippen LogP contribution in [0.15, 0.2) is 35.7 Å². The van der Waals surface area contributed by atoms with Crippen molar-refractivity contribution in [2.45, 2.75) is 0 Å². The van der Waals surface area contributed by atoms with Crippen molar-refractivity contribution in [3.63, 3.8) is 0 Å². The Morgan fingerprint density at radius 2 is 1.70 bits per heavy atom. The number of hydrogen-bond acceptors (Lipinski definition) is 4. The lowest BCUT2D eigenvalue weighted by Crippen LogP contribution is -2.04. The monoisotopic (exact) mass is 298 g/mol. The second-order valence-corrected chi connectivity index (χ2v) is 4.91. The molecule has 0 aromatic heterocycles.